The van der Waals surface area contributed by atoms with Crippen LogP contribution in [0.2, 0.25) is 0 Å². The quantitative estimate of drug-likeness (QED) is 0.869. The van der Waals surface area contributed by atoms with Crippen LogP contribution in [0.1, 0.15) is 18.4 Å². The van der Waals surface area contributed by atoms with Crippen LogP contribution in [0, 0.1) is 11.3 Å². The molecule has 1 aliphatic heterocycles. The third-order valence-corrected chi connectivity index (χ3v) is 3.36. The lowest BCUT2D eigenvalue weighted by Gasteiger charge is -2.33. The van der Waals surface area contributed by atoms with Gasteiger partial charge in [-0.05, 0) is 31.5 Å². The van der Waals surface area contributed by atoms with Crippen LogP contribution in [0.15, 0.2) is 18.3 Å². The van der Waals surface area contributed by atoms with Crippen LogP contribution in [0.4, 0.5) is 5.82 Å². The summed E-state index contributed by atoms with van der Waals surface area (Å²) in [6, 6.07) is 6.16. The minimum absolute atomic E-state index is 0.422. The third-order valence-electron chi connectivity index (χ3n) is 3.36. The highest BCUT2D eigenvalue weighted by Gasteiger charge is 2.19. The normalized spacial score (nSPS) is 19.9. The van der Waals surface area contributed by atoms with Crippen molar-refractivity contribution in [2.24, 2.45) is 0 Å². The first-order valence-electron chi connectivity index (χ1n) is 6.66. The van der Waals surface area contributed by atoms with Crippen molar-refractivity contribution in [2.45, 2.75) is 18.9 Å². The number of hydrogen-bond acceptors (Lipinski definition) is 5. The summed E-state index contributed by atoms with van der Waals surface area (Å²) in [5.41, 5.74) is 0.593. The summed E-state index contributed by atoms with van der Waals surface area (Å²) in [6.45, 7) is 3.92. The van der Waals surface area contributed by atoms with Crippen LogP contribution in [0.5, 0.6) is 0 Å². The van der Waals surface area contributed by atoms with Gasteiger partial charge in [-0.25, -0.2) is 4.98 Å². The molecule has 0 radical (unpaired) electrons. The molecule has 2 heterocycles. The van der Waals surface area contributed by atoms with E-state index in [4.69, 9.17) is 10.00 Å². The SMILES string of the molecule is COCCN1CCC[C@H](Nc2ccc(C#N)cn2)C1. The molecule has 1 saturated heterocycles. The summed E-state index contributed by atoms with van der Waals surface area (Å²) in [6.07, 6.45) is 3.96. The Kier molecular flexibility index (Phi) is 5.13. The Hall–Kier alpha value is -1.64. The molecule has 1 aromatic heterocycles. The summed E-state index contributed by atoms with van der Waals surface area (Å²) in [7, 11) is 1.74. The maximum atomic E-state index is 8.74. The molecule has 0 saturated carbocycles. The smallest absolute Gasteiger partial charge is 0.126 e. The molecule has 5 nitrogen and oxygen atoms in total. The highest BCUT2D eigenvalue weighted by atomic mass is 16.5. The molecule has 2 rings (SSSR count). The summed E-state index contributed by atoms with van der Waals surface area (Å²) in [5, 5.41) is 12.2. The topological polar surface area (TPSA) is 61.2 Å². The molecular formula is C14H20N4O. The van der Waals surface area contributed by atoms with Crippen molar-refractivity contribution in [1.82, 2.24) is 9.88 Å². The van der Waals surface area contributed by atoms with Gasteiger partial charge in [0.2, 0.25) is 0 Å². The highest BCUT2D eigenvalue weighted by Crippen LogP contribution is 2.14. The van der Waals surface area contributed by atoms with Crippen LogP contribution in [-0.4, -0.2) is 49.3 Å². The first-order chi connectivity index (χ1) is 9.31. The molecule has 0 amide bonds. The first kappa shape index (κ1) is 13.8. The van der Waals surface area contributed by atoms with Crippen molar-refractivity contribution < 1.29 is 4.74 Å². The molecule has 0 aliphatic carbocycles. The van der Waals surface area contributed by atoms with Gasteiger partial charge >= 0.3 is 0 Å². The first-order valence-corrected chi connectivity index (χ1v) is 6.66. The van der Waals surface area contributed by atoms with E-state index in [0.29, 0.717) is 11.6 Å². The zero-order valence-corrected chi connectivity index (χ0v) is 11.3. The summed E-state index contributed by atoms with van der Waals surface area (Å²) < 4.78 is 5.12. The number of likely N-dealkylation sites (tertiary alicyclic amines) is 1. The lowest BCUT2D eigenvalue weighted by Crippen LogP contribution is -2.43. The molecule has 19 heavy (non-hydrogen) atoms. The number of pyridine rings is 1. The van der Waals surface area contributed by atoms with Gasteiger partial charge < -0.3 is 10.1 Å². The minimum Gasteiger partial charge on any atom is -0.383 e. The molecule has 0 bridgehead atoms. The summed E-state index contributed by atoms with van der Waals surface area (Å²) in [4.78, 5) is 6.67. The van der Waals surface area contributed by atoms with E-state index in [9.17, 15) is 0 Å². The Balaban J connectivity index is 1.85. The number of aromatic nitrogens is 1. The van der Waals surface area contributed by atoms with Crippen LogP contribution >= 0.6 is 0 Å². The molecular weight excluding hydrogens is 240 g/mol. The van der Waals surface area contributed by atoms with Gasteiger partial charge in [0.25, 0.3) is 0 Å². The van der Waals surface area contributed by atoms with Gasteiger partial charge in [0.05, 0.1) is 12.2 Å². The van der Waals surface area contributed by atoms with Crippen molar-refractivity contribution in [1.29, 1.82) is 5.26 Å². The van der Waals surface area contributed by atoms with E-state index in [2.05, 4.69) is 21.3 Å². The second kappa shape index (κ2) is 7.07. The molecule has 1 fully saturated rings. The van der Waals surface area contributed by atoms with Gasteiger partial charge in [-0.3, -0.25) is 4.90 Å². The fourth-order valence-electron chi connectivity index (χ4n) is 2.35. The van der Waals surface area contributed by atoms with E-state index in [-0.39, 0.29) is 0 Å². The van der Waals surface area contributed by atoms with Crippen LogP contribution in [0.3, 0.4) is 0 Å². The predicted molar refractivity (Wildman–Crippen MR) is 73.9 cm³/mol. The van der Waals surface area contributed by atoms with Crippen molar-refractivity contribution in [3.8, 4) is 6.07 Å². The average Bonchev–Trinajstić information content (AvgIpc) is 2.46. The second-order valence-corrected chi connectivity index (χ2v) is 4.82. The van der Waals surface area contributed by atoms with Crippen molar-refractivity contribution in [3.63, 3.8) is 0 Å². The highest BCUT2D eigenvalue weighted by molar-refractivity contribution is 5.39. The summed E-state index contributed by atoms with van der Waals surface area (Å²) >= 11 is 0. The predicted octanol–water partition coefficient (Wildman–Crippen LogP) is 1.48. The molecule has 0 unspecified atom stereocenters. The fraction of sp³-hybridized carbons (Fsp3) is 0.571. The molecule has 0 aromatic carbocycles. The van der Waals surface area contributed by atoms with Gasteiger partial charge in [-0.1, -0.05) is 0 Å². The molecule has 1 aromatic rings. The Morgan fingerprint density at radius 1 is 1.58 bits per heavy atom. The standard InChI is InChI=1S/C14H20N4O/c1-19-8-7-18-6-2-3-13(11-18)17-14-5-4-12(9-15)10-16-14/h4-5,10,13H,2-3,6-8,11H2,1H3,(H,16,17)/t13-/m0/s1. The van der Waals surface area contributed by atoms with Gasteiger partial charge in [-0.2, -0.15) is 5.26 Å². The van der Waals surface area contributed by atoms with E-state index in [1.54, 1.807) is 19.4 Å². The molecule has 5 heteroatoms. The Morgan fingerprint density at radius 3 is 3.16 bits per heavy atom. The maximum Gasteiger partial charge on any atom is 0.126 e. The van der Waals surface area contributed by atoms with Gasteiger partial charge in [0.15, 0.2) is 0 Å². The number of nitrogens with one attached hydrogen (secondary N) is 1. The zero-order chi connectivity index (χ0) is 13.5. The zero-order valence-electron chi connectivity index (χ0n) is 11.3. The Morgan fingerprint density at radius 2 is 2.47 bits per heavy atom. The largest absolute Gasteiger partial charge is 0.383 e. The van der Waals surface area contributed by atoms with E-state index < -0.39 is 0 Å². The number of anilines is 1. The van der Waals surface area contributed by atoms with Crippen molar-refractivity contribution >= 4 is 5.82 Å². The molecule has 0 spiro atoms. The van der Waals surface area contributed by atoms with E-state index in [1.807, 2.05) is 6.07 Å². The third kappa shape index (κ3) is 4.19. The molecule has 1 atom stereocenters. The van der Waals surface area contributed by atoms with Gasteiger partial charge in [-0.15, -0.1) is 0 Å². The number of hydrogen-bond donors (Lipinski definition) is 1. The number of methoxy groups -OCH3 is 1. The van der Waals surface area contributed by atoms with Crippen molar-refractivity contribution in [2.75, 3.05) is 38.7 Å². The van der Waals surface area contributed by atoms with Gasteiger partial charge in [0.1, 0.15) is 11.9 Å². The number of nitrogens with zero attached hydrogens (tertiary/aromatic N) is 3. The number of rotatable bonds is 5. The van der Waals surface area contributed by atoms with Crippen molar-refractivity contribution in [3.05, 3.63) is 23.9 Å². The molecule has 1 aliphatic rings. The average molecular weight is 260 g/mol. The number of nitriles is 1. The second-order valence-electron chi connectivity index (χ2n) is 4.82. The lowest BCUT2D eigenvalue weighted by atomic mass is 10.1. The van der Waals surface area contributed by atoms with Crippen LogP contribution in [-0.2, 0) is 4.74 Å². The van der Waals surface area contributed by atoms with E-state index in [1.165, 1.54) is 6.42 Å². The van der Waals surface area contributed by atoms with Crippen LogP contribution in [0.25, 0.3) is 0 Å². The van der Waals surface area contributed by atoms with E-state index in [0.717, 1.165) is 38.5 Å². The maximum absolute atomic E-state index is 8.74. The monoisotopic (exact) mass is 260 g/mol. The summed E-state index contributed by atoms with van der Waals surface area (Å²) in [5.74, 6) is 0.845. The fourth-order valence-corrected chi connectivity index (χ4v) is 2.35. The van der Waals surface area contributed by atoms with E-state index >= 15 is 0 Å². The molecule has 102 valence electrons. The van der Waals surface area contributed by atoms with Crippen LogP contribution < -0.4 is 5.32 Å². The molecule has 1 N–H and O–H groups in total. The Labute approximate surface area is 114 Å². The number of ether oxygens (including phenoxy) is 1. The Bertz CT molecular complexity index is 426. The lowest BCUT2D eigenvalue weighted by molar-refractivity contribution is 0.131. The van der Waals surface area contributed by atoms with Gasteiger partial charge in [0, 0.05) is 32.4 Å². The number of piperidine rings is 1. The minimum atomic E-state index is 0.422.